The Bertz CT molecular complexity index is 668. The number of furan rings is 1. The molecule has 1 amide bonds. The van der Waals surface area contributed by atoms with E-state index < -0.39 is 0 Å². The third-order valence-corrected chi connectivity index (χ3v) is 3.05. The van der Waals surface area contributed by atoms with Crippen LogP contribution < -0.4 is 20.7 Å². The van der Waals surface area contributed by atoms with Crippen molar-refractivity contribution in [3.8, 4) is 5.75 Å². The smallest absolute Gasteiger partial charge is 0.221 e. The Labute approximate surface area is 141 Å². The molecule has 0 unspecified atom stereocenters. The maximum atomic E-state index is 11.1. The fraction of sp³-hybridized carbons (Fsp3) is 0.294. The van der Waals surface area contributed by atoms with Crippen molar-refractivity contribution < 1.29 is 13.9 Å². The summed E-state index contributed by atoms with van der Waals surface area (Å²) in [5.41, 5.74) is 0.712. The molecule has 128 valence electrons. The van der Waals surface area contributed by atoms with Gasteiger partial charge in [-0.05, 0) is 24.3 Å². The van der Waals surface area contributed by atoms with Crippen LogP contribution in [0.25, 0.3) is 0 Å². The van der Waals surface area contributed by atoms with Crippen molar-refractivity contribution in [2.24, 2.45) is 4.99 Å². The summed E-state index contributed by atoms with van der Waals surface area (Å²) in [6.07, 6.45) is 1.64. The molecule has 7 nitrogen and oxygen atoms in total. The van der Waals surface area contributed by atoms with Crippen molar-refractivity contribution in [3.05, 3.63) is 48.4 Å². The molecular weight excluding hydrogens is 308 g/mol. The number of aliphatic imine (C=N–C) groups is 1. The molecule has 0 aliphatic rings. The molecule has 2 aromatic rings. The van der Waals surface area contributed by atoms with Gasteiger partial charge in [-0.1, -0.05) is 6.07 Å². The van der Waals surface area contributed by atoms with Crippen molar-refractivity contribution >= 4 is 17.6 Å². The summed E-state index contributed by atoms with van der Waals surface area (Å²) in [5.74, 6) is 2.09. The van der Waals surface area contributed by atoms with E-state index in [9.17, 15) is 4.79 Å². The van der Waals surface area contributed by atoms with Gasteiger partial charge in [0.2, 0.25) is 5.91 Å². The second-order valence-electron chi connectivity index (χ2n) is 4.99. The van der Waals surface area contributed by atoms with Gasteiger partial charge < -0.3 is 25.1 Å². The molecule has 0 atom stereocenters. The number of benzene rings is 1. The topological polar surface area (TPSA) is 87.9 Å². The highest BCUT2D eigenvalue weighted by Crippen LogP contribution is 2.16. The normalized spacial score (nSPS) is 11.0. The predicted octanol–water partition coefficient (Wildman–Crippen LogP) is 1.98. The van der Waals surface area contributed by atoms with Gasteiger partial charge in [-0.3, -0.25) is 9.79 Å². The van der Waals surface area contributed by atoms with E-state index in [1.165, 1.54) is 6.92 Å². The SMILES string of the molecule is CN=C(NCCOc1cccc(NC(C)=O)c1)NCc1ccco1. The molecule has 0 fully saturated rings. The van der Waals surface area contributed by atoms with Crippen LogP contribution in [0.15, 0.2) is 52.1 Å². The minimum absolute atomic E-state index is 0.111. The minimum Gasteiger partial charge on any atom is -0.492 e. The second-order valence-corrected chi connectivity index (χ2v) is 4.99. The van der Waals surface area contributed by atoms with E-state index in [-0.39, 0.29) is 5.91 Å². The van der Waals surface area contributed by atoms with E-state index in [1.54, 1.807) is 19.4 Å². The van der Waals surface area contributed by atoms with Crippen molar-refractivity contribution in [2.75, 3.05) is 25.5 Å². The second kappa shape index (κ2) is 9.24. The van der Waals surface area contributed by atoms with Gasteiger partial charge in [-0.15, -0.1) is 0 Å². The molecule has 0 saturated carbocycles. The van der Waals surface area contributed by atoms with Gasteiger partial charge in [0, 0.05) is 25.7 Å². The van der Waals surface area contributed by atoms with Crippen LogP contribution in [0.2, 0.25) is 0 Å². The summed E-state index contributed by atoms with van der Waals surface area (Å²) in [6, 6.07) is 11.0. The van der Waals surface area contributed by atoms with Crippen LogP contribution in [0.1, 0.15) is 12.7 Å². The number of amides is 1. The Hall–Kier alpha value is -2.96. The Kier molecular flexibility index (Phi) is 6.70. The van der Waals surface area contributed by atoms with Gasteiger partial charge >= 0.3 is 0 Å². The lowest BCUT2D eigenvalue weighted by molar-refractivity contribution is -0.114. The number of rotatable bonds is 7. The van der Waals surface area contributed by atoms with E-state index in [2.05, 4.69) is 20.9 Å². The maximum Gasteiger partial charge on any atom is 0.221 e. The summed E-state index contributed by atoms with van der Waals surface area (Å²) < 4.78 is 10.9. The van der Waals surface area contributed by atoms with E-state index in [4.69, 9.17) is 9.15 Å². The average Bonchev–Trinajstić information content (AvgIpc) is 3.07. The molecule has 7 heteroatoms. The van der Waals surface area contributed by atoms with Crippen molar-refractivity contribution in [2.45, 2.75) is 13.5 Å². The molecule has 1 aromatic heterocycles. The Balaban J connectivity index is 1.70. The molecule has 24 heavy (non-hydrogen) atoms. The van der Waals surface area contributed by atoms with Crippen molar-refractivity contribution in [1.82, 2.24) is 10.6 Å². The highest BCUT2D eigenvalue weighted by atomic mass is 16.5. The van der Waals surface area contributed by atoms with Crippen LogP contribution >= 0.6 is 0 Å². The summed E-state index contributed by atoms with van der Waals surface area (Å²) >= 11 is 0. The number of ether oxygens (including phenoxy) is 1. The minimum atomic E-state index is -0.111. The number of hydrogen-bond donors (Lipinski definition) is 3. The lowest BCUT2D eigenvalue weighted by Gasteiger charge is -2.12. The molecular formula is C17H22N4O3. The maximum absolute atomic E-state index is 11.1. The van der Waals surface area contributed by atoms with Crippen LogP contribution in [-0.2, 0) is 11.3 Å². The Morgan fingerprint density at radius 3 is 2.83 bits per heavy atom. The first-order valence-corrected chi connectivity index (χ1v) is 7.64. The molecule has 0 saturated heterocycles. The third-order valence-electron chi connectivity index (χ3n) is 3.05. The first-order valence-electron chi connectivity index (χ1n) is 7.64. The van der Waals surface area contributed by atoms with Crippen LogP contribution in [0.4, 0.5) is 5.69 Å². The van der Waals surface area contributed by atoms with Crippen molar-refractivity contribution in [3.63, 3.8) is 0 Å². The zero-order valence-corrected chi connectivity index (χ0v) is 13.8. The summed E-state index contributed by atoms with van der Waals surface area (Å²) in [5, 5.41) is 9.02. The van der Waals surface area contributed by atoms with Crippen LogP contribution in [0, 0.1) is 0 Å². The Morgan fingerprint density at radius 1 is 1.25 bits per heavy atom. The number of guanidine groups is 1. The Morgan fingerprint density at radius 2 is 2.12 bits per heavy atom. The molecule has 3 N–H and O–H groups in total. The molecule has 1 aromatic carbocycles. The van der Waals surface area contributed by atoms with E-state index in [0.717, 1.165) is 5.76 Å². The van der Waals surface area contributed by atoms with E-state index in [0.29, 0.717) is 37.1 Å². The standard InChI is InChI=1S/C17H22N4O3/c1-13(22)21-14-5-3-6-15(11-14)24-10-8-19-17(18-2)20-12-16-7-4-9-23-16/h3-7,9,11H,8,10,12H2,1-2H3,(H,21,22)(H2,18,19,20). The number of nitrogens with zero attached hydrogens (tertiary/aromatic N) is 1. The lowest BCUT2D eigenvalue weighted by Crippen LogP contribution is -2.38. The summed E-state index contributed by atoms with van der Waals surface area (Å²) in [7, 11) is 1.70. The van der Waals surface area contributed by atoms with Gasteiger partial charge in [0.1, 0.15) is 18.1 Å². The van der Waals surface area contributed by atoms with E-state index in [1.807, 2.05) is 30.3 Å². The number of carbonyl (C=O) groups is 1. The number of carbonyl (C=O) groups excluding carboxylic acids is 1. The van der Waals surface area contributed by atoms with Gasteiger partial charge in [0.25, 0.3) is 0 Å². The molecule has 2 rings (SSSR count). The quantitative estimate of drug-likeness (QED) is 0.410. The first kappa shape index (κ1) is 17.4. The van der Waals surface area contributed by atoms with E-state index >= 15 is 0 Å². The molecule has 0 aliphatic carbocycles. The molecule has 0 spiro atoms. The molecule has 0 radical (unpaired) electrons. The van der Waals surface area contributed by atoms with Gasteiger partial charge in [0.05, 0.1) is 19.4 Å². The van der Waals surface area contributed by atoms with Crippen LogP contribution in [-0.4, -0.2) is 32.1 Å². The van der Waals surface area contributed by atoms with Crippen LogP contribution in [0.5, 0.6) is 5.75 Å². The molecule has 1 heterocycles. The largest absolute Gasteiger partial charge is 0.492 e. The fourth-order valence-electron chi connectivity index (χ4n) is 2.01. The predicted molar refractivity (Wildman–Crippen MR) is 93.2 cm³/mol. The highest BCUT2D eigenvalue weighted by molar-refractivity contribution is 5.88. The third kappa shape index (κ3) is 6.04. The summed E-state index contributed by atoms with van der Waals surface area (Å²) in [4.78, 5) is 15.2. The number of nitrogens with one attached hydrogen (secondary N) is 3. The summed E-state index contributed by atoms with van der Waals surface area (Å²) in [6.45, 7) is 3.08. The van der Waals surface area contributed by atoms with Gasteiger partial charge in [0.15, 0.2) is 5.96 Å². The number of anilines is 1. The van der Waals surface area contributed by atoms with Crippen molar-refractivity contribution in [1.29, 1.82) is 0 Å². The van der Waals surface area contributed by atoms with Gasteiger partial charge in [-0.25, -0.2) is 0 Å². The zero-order valence-electron chi connectivity index (χ0n) is 13.8. The molecule has 0 bridgehead atoms. The highest BCUT2D eigenvalue weighted by Gasteiger charge is 2.01. The molecule has 0 aliphatic heterocycles. The zero-order chi connectivity index (χ0) is 17.2. The van der Waals surface area contributed by atoms with Crippen LogP contribution in [0.3, 0.4) is 0 Å². The monoisotopic (exact) mass is 330 g/mol. The first-order chi connectivity index (χ1) is 11.7. The fourth-order valence-corrected chi connectivity index (χ4v) is 2.01. The van der Waals surface area contributed by atoms with Gasteiger partial charge in [-0.2, -0.15) is 0 Å². The number of hydrogen-bond acceptors (Lipinski definition) is 4. The lowest BCUT2D eigenvalue weighted by atomic mass is 10.3. The average molecular weight is 330 g/mol.